The molecule has 0 amide bonds. The van der Waals surface area contributed by atoms with E-state index in [1.807, 2.05) is 0 Å². The van der Waals surface area contributed by atoms with Crippen molar-refractivity contribution in [3.8, 4) is 0 Å². The van der Waals surface area contributed by atoms with Crippen molar-refractivity contribution in [2.24, 2.45) is 5.92 Å². The minimum absolute atomic E-state index is 0.208. The number of rotatable bonds is 4. The summed E-state index contributed by atoms with van der Waals surface area (Å²) in [5.74, 6) is 1.68. The maximum Gasteiger partial charge on any atom is 0.225 e. The van der Waals surface area contributed by atoms with Crippen molar-refractivity contribution < 1.29 is 0 Å². The van der Waals surface area contributed by atoms with E-state index in [0.717, 1.165) is 44.5 Å². The lowest BCUT2D eigenvalue weighted by Gasteiger charge is -2.43. The summed E-state index contributed by atoms with van der Waals surface area (Å²) >= 11 is 0. The Morgan fingerprint density at radius 3 is 2.22 bits per heavy atom. The Bertz CT molecular complexity index is 1110. The Morgan fingerprint density at radius 2 is 1.59 bits per heavy atom. The molecule has 6 rings (SSSR count). The predicted molar refractivity (Wildman–Crippen MR) is 130 cm³/mol. The van der Waals surface area contributed by atoms with Crippen LogP contribution >= 0.6 is 0 Å². The highest BCUT2D eigenvalue weighted by Crippen LogP contribution is 2.49. The van der Waals surface area contributed by atoms with Gasteiger partial charge in [0, 0.05) is 55.5 Å². The summed E-state index contributed by atoms with van der Waals surface area (Å²) in [4.78, 5) is 14.3. The maximum atomic E-state index is 4.89. The Balaban J connectivity index is 1.20. The first-order valence-corrected chi connectivity index (χ1v) is 12.1. The van der Waals surface area contributed by atoms with Gasteiger partial charge in [0.05, 0.1) is 5.69 Å². The highest BCUT2D eigenvalue weighted by Gasteiger charge is 2.40. The average molecular weight is 425 g/mol. The second-order valence-electron chi connectivity index (χ2n) is 10.2. The molecule has 0 bridgehead atoms. The van der Waals surface area contributed by atoms with E-state index in [4.69, 9.17) is 4.98 Å². The monoisotopic (exact) mass is 424 g/mol. The molecule has 1 saturated carbocycles. The molecule has 1 aromatic heterocycles. The first-order chi connectivity index (χ1) is 15.6. The van der Waals surface area contributed by atoms with Gasteiger partial charge >= 0.3 is 0 Å². The van der Waals surface area contributed by atoms with Crippen molar-refractivity contribution in [2.75, 3.05) is 29.4 Å². The molecule has 2 aliphatic heterocycles. The third-order valence-corrected chi connectivity index (χ3v) is 7.86. The third kappa shape index (κ3) is 3.28. The van der Waals surface area contributed by atoms with Gasteiger partial charge in [0.25, 0.3) is 0 Å². The van der Waals surface area contributed by atoms with Crippen LogP contribution in [-0.4, -0.2) is 29.6 Å². The van der Waals surface area contributed by atoms with Crippen LogP contribution in [0.4, 0.5) is 11.6 Å². The second-order valence-corrected chi connectivity index (χ2v) is 10.2. The first kappa shape index (κ1) is 19.8. The lowest BCUT2D eigenvalue weighted by Crippen LogP contribution is -2.46. The fraction of sp³-hybridized carbons (Fsp3) is 0.429. The molecule has 4 nitrogen and oxygen atoms in total. The van der Waals surface area contributed by atoms with Crippen LogP contribution < -0.4 is 9.80 Å². The van der Waals surface area contributed by atoms with Crippen LogP contribution in [0.25, 0.3) is 0 Å². The van der Waals surface area contributed by atoms with E-state index in [1.165, 1.54) is 52.9 Å². The standard InChI is InChI=1S/C28H32N4/c1-20-4-6-23(7-5-20)28(13-3-14-28)24-8-10-25(11-9-24)31-15-12-26-22(19-31)16-29-27(30-26)32-17-21(2)18-32/h4-11,16,21H,3,12-15,17-19H2,1-2H3. The molecule has 1 saturated heterocycles. The molecule has 0 unspecified atom stereocenters. The molecule has 1 aliphatic carbocycles. The van der Waals surface area contributed by atoms with E-state index in [0.29, 0.717) is 0 Å². The number of aromatic nitrogens is 2. The molecule has 3 aromatic rings. The van der Waals surface area contributed by atoms with Gasteiger partial charge in [-0.1, -0.05) is 55.3 Å². The molecule has 3 aliphatic rings. The number of fused-ring (bicyclic) bond motifs is 1. The molecule has 0 atom stereocenters. The number of anilines is 2. The summed E-state index contributed by atoms with van der Waals surface area (Å²) in [7, 11) is 0. The van der Waals surface area contributed by atoms with Gasteiger partial charge in [-0.25, -0.2) is 9.97 Å². The highest BCUT2D eigenvalue weighted by molar-refractivity contribution is 5.53. The summed E-state index contributed by atoms with van der Waals surface area (Å²) in [5, 5.41) is 0. The van der Waals surface area contributed by atoms with Crippen LogP contribution in [0.2, 0.25) is 0 Å². The summed E-state index contributed by atoms with van der Waals surface area (Å²) < 4.78 is 0. The third-order valence-electron chi connectivity index (χ3n) is 7.86. The van der Waals surface area contributed by atoms with E-state index >= 15 is 0 Å². The van der Waals surface area contributed by atoms with Crippen LogP contribution in [0.3, 0.4) is 0 Å². The minimum Gasteiger partial charge on any atom is -0.367 e. The van der Waals surface area contributed by atoms with E-state index in [9.17, 15) is 0 Å². The molecular weight excluding hydrogens is 392 g/mol. The van der Waals surface area contributed by atoms with Crippen molar-refractivity contribution >= 4 is 11.6 Å². The molecule has 4 heteroatoms. The SMILES string of the molecule is Cc1ccc(C2(c3ccc(N4CCc5nc(N6CC(C)C6)ncc5C4)cc3)CCC2)cc1. The lowest BCUT2D eigenvalue weighted by atomic mass is 9.60. The van der Waals surface area contributed by atoms with Crippen molar-refractivity contribution in [1.29, 1.82) is 0 Å². The smallest absolute Gasteiger partial charge is 0.225 e. The minimum atomic E-state index is 0.208. The summed E-state index contributed by atoms with van der Waals surface area (Å²) in [6, 6.07) is 18.6. The first-order valence-electron chi connectivity index (χ1n) is 12.1. The second kappa shape index (κ2) is 7.61. The van der Waals surface area contributed by atoms with Crippen molar-refractivity contribution in [3.63, 3.8) is 0 Å². The van der Waals surface area contributed by atoms with E-state index < -0.39 is 0 Å². The zero-order valence-electron chi connectivity index (χ0n) is 19.2. The van der Waals surface area contributed by atoms with Gasteiger partial charge < -0.3 is 9.80 Å². The molecule has 0 radical (unpaired) electrons. The zero-order chi connectivity index (χ0) is 21.7. The Kier molecular flexibility index (Phi) is 4.71. The predicted octanol–water partition coefficient (Wildman–Crippen LogP) is 5.27. The Hall–Kier alpha value is -2.88. The average Bonchev–Trinajstić information content (AvgIpc) is 2.77. The van der Waals surface area contributed by atoms with Crippen LogP contribution in [0.15, 0.2) is 54.7 Å². The molecule has 3 heterocycles. The van der Waals surface area contributed by atoms with Crippen LogP contribution in [0.5, 0.6) is 0 Å². The van der Waals surface area contributed by atoms with E-state index in [1.54, 1.807) is 0 Å². The highest BCUT2D eigenvalue weighted by atomic mass is 15.3. The van der Waals surface area contributed by atoms with Crippen LogP contribution in [0.1, 0.15) is 54.1 Å². The Labute approximate surface area is 191 Å². The maximum absolute atomic E-state index is 4.89. The van der Waals surface area contributed by atoms with Crippen LogP contribution in [0, 0.1) is 12.8 Å². The van der Waals surface area contributed by atoms with Crippen molar-refractivity contribution in [3.05, 3.63) is 82.7 Å². The Morgan fingerprint density at radius 1 is 0.906 bits per heavy atom. The topological polar surface area (TPSA) is 32.3 Å². The zero-order valence-corrected chi connectivity index (χ0v) is 19.2. The quantitative estimate of drug-likeness (QED) is 0.571. The summed E-state index contributed by atoms with van der Waals surface area (Å²) in [6.07, 6.45) is 6.87. The molecule has 2 aromatic carbocycles. The summed E-state index contributed by atoms with van der Waals surface area (Å²) in [6.45, 7) is 8.53. The van der Waals surface area contributed by atoms with Crippen LogP contribution in [-0.2, 0) is 18.4 Å². The fourth-order valence-corrected chi connectivity index (χ4v) is 5.68. The molecule has 2 fully saturated rings. The van der Waals surface area contributed by atoms with Gasteiger partial charge in [0.1, 0.15) is 0 Å². The van der Waals surface area contributed by atoms with Gasteiger partial charge in [0.2, 0.25) is 5.95 Å². The van der Waals surface area contributed by atoms with Gasteiger partial charge in [0.15, 0.2) is 0 Å². The summed E-state index contributed by atoms with van der Waals surface area (Å²) in [5.41, 5.74) is 8.28. The molecule has 0 N–H and O–H groups in total. The van der Waals surface area contributed by atoms with E-state index in [-0.39, 0.29) is 5.41 Å². The lowest BCUT2D eigenvalue weighted by molar-refractivity contribution is 0.301. The number of hydrogen-bond acceptors (Lipinski definition) is 4. The fourth-order valence-electron chi connectivity index (χ4n) is 5.68. The number of benzene rings is 2. The van der Waals surface area contributed by atoms with Crippen molar-refractivity contribution in [1.82, 2.24) is 9.97 Å². The molecular formula is C28H32N4. The van der Waals surface area contributed by atoms with Gasteiger partial charge in [-0.15, -0.1) is 0 Å². The van der Waals surface area contributed by atoms with Gasteiger partial charge in [-0.05, 0) is 48.9 Å². The molecule has 0 spiro atoms. The number of aryl methyl sites for hydroxylation is 1. The normalized spacial score (nSPS) is 19.8. The largest absolute Gasteiger partial charge is 0.367 e. The van der Waals surface area contributed by atoms with Gasteiger partial charge in [-0.3, -0.25) is 0 Å². The van der Waals surface area contributed by atoms with Gasteiger partial charge in [-0.2, -0.15) is 0 Å². The molecule has 32 heavy (non-hydrogen) atoms. The number of hydrogen-bond donors (Lipinski definition) is 0. The van der Waals surface area contributed by atoms with Crippen molar-refractivity contribution in [2.45, 2.75) is 51.5 Å². The number of nitrogens with zero attached hydrogens (tertiary/aromatic N) is 4. The molecule has 164 valence electrons. The van der Waals surface area contributed by atoms with E-state index in [2.05, 4.69) is 83.4 Å².